The lowest BCUT2D eigenvalue weighted by Crippen LogP contribution is -1.97. The fourth-order valence-electron chi connectivity index (χ4n) is 2.38. The molecule has 118 valence electrons. The third-order valence-corrected chi connectivity index (χ3v) is 3.72. The fourth-order valence-corrected chi connectivity index (χ4v) is 2.38. The van der Waals surface area contributed by atoms with E-state index in [-0.39, 0.29) is 0 Å². The summed E-state index contributed by atoms with van der Waals surface area (Å²) in [5.74, 6) is 0.913. The second-order valence-corrected chi connectivity index (χ2v) is 5.48. The SMILES string of the molecule is CC=CCCCCCOc1ccc(-c2ccc(C#N)cc2)cc1. The number of nitrogens with zero attached hydrogens (tertiary/aromatic N) is 1. The van der Waals surface area contributed by atoms with E-state index in [4.69, 9.17) is 10.00 Å². The topological polar surface area (TPSA) is 33.0 Å². The van der Waals surface area contributed by atoms with E-state index < -0.39 is 0 Å². The Morgan fingerprint density at radius 1 is 0.913 bits per heavy atom. The molecule has 0 saturated carbocycles. The highest BCUT2D eigenvalue weighted by atomic mass is 16.5. The molecule has 0 aliphatic rings. The smallest absolute Gasteiger partial charge is 0.119 e. The van der Waals surface area contributed by atoms with Crippen molar-refractivity contribution in [1.82, 2.24) is 0 Å². The molecule has 23 heavy (non-hydrogen) atoms. The molecule has 2 aromatic rings. The zero-order valence-corrected chi connectivity index (χ0v) is 13.7. The van der Waals surface area contributed by atoms with Crippen LogP contribution in [0.3, 0.4) is 0 Å². The number of rotatable bonds is 8. The Labute approximate surface area is 139 Å². The summed E-state index contributed by atoms with van der Waals surface area (Å²) in [6, 6.07) is 17.9. The van der Waals surface area contributed by atoms with Crippen molar-refractivity contribution >= 4 is 0 Å². The van der Waals surface area contributed by atoms with Gasteiger partial charge in [-0.15, -0.1) is 0 Å². The Balaban J connectivity index is 1.79. The van der Waals surface area contributed by atoms with Gasteiger partial charge in [-0.25, -0.2) is 0 Å². The van der Waals surface area contributed by atoms with Crippen LogP contribution in [0.4, 0.5) is 0 Å². The zero-order valence-electron chi connectivity index (χ0n) is 13.7. The molecule has 2 nitrogen and oxygen atoms in total. The Morgan fingerprint density at radius 2 is 1.57 bits per heavy atom. The minimum absolute atomic E-state index is 0.683. The largest absolute Gasteiger partial charge is 0.494 e. The summed E-state index contributed by atoms with van der Waals surface area (Å²) >= 11 is 0. The van der Waals surface area contributed by atoms with Crippen LogP contribution in [0.1, 0.15) is 38.2 Å². The predicted octanol–water partition coefficient (Wildman–Crippen LogP) is 5.74. The van der Waals surface area contributed by atoms with E-state index in [0.29, 0.717) is 5.56 Å². The summed E-state index contributed by atoms with van der Waals surface area (Å²) in [4.78, 5) is 0. The first-order valence-corrected chi connectivity index (χ1v) is 8.18. The maximum Gasteiger partial charge on any atom is 0.119 e. The highest BCUT2D eigenvalue weighted by Crippen LogP contribution is 2.23. The molecule has 2 heteroatoms. The molecule has 0 aliphatic heterocycles. The third kappa shape index (κ3) is 5.64. The minimum atomic E-state index is 0.683. The van der Waals surface area contributed by atoms with Crippen molar-refractivity contribution in [2.24, 2.45) is 0 Å². The molecule has 0 atom stereocenters. The average molecular weight is 305 g/mol. The van der Waals surface area contributed by atoms with Crippen LogP contribution < -0.4 is 4.74 Å². The van der Waals surface area contributed by atoms with Crippen LogP contribution in [0, 0.1) is 11.3 Å². The number of ether oxygens (including phenoxy) is 1. The molecule has 0 heterocycles. The normalized spacial score (nSPS) is 10.6. The summed E-state index contributed by atoms with van der Waals surface area (Å²) in [5.41, 5.74) is 2.93. The van der Waals surface area contributed by atoms with E-state index in [9.17, 15) is 0 Å². The maximum absolute atomic E-state index is 8.83. The standard InChI is InChI=1S/C21H23NO/c1-2-3-4-5-6-7-16-23-21-14-12-20(13-15-21)19-10-8-18(17-22)9-11-19/h2-3,8-15H,4-7,16H2,1H3. The monoisotopic (exact) mass is 305 g/mol. The summed E-state index contributed by atoms with van der Waals surface area (Å²) in [6.07, 6.45) is 9.00. The molecule has 0 N–H and O–H groups in total. The van der Waals surface area contributed by atoms with E-state index in [2.05, 4.69) is 37.3 Å². The summed E-state index contributed by atoms with van der Waals surface area (Å²) in [6.45, 7) is 2.83. The molecule has 0 saturated heterocycles. The van der Waals surface area contributed by atoms with Crippen LogP contribution in [0.5, 0.6) is 5.75 Å². The zero-order chi connectivity index (χ0) is 16.3. The molecule has 0 radical (unpaired) electrons. The van der Waals surface area contributed by atoms with Gasteiger partial charge in [-0.3, -0.25) is 0 Å². The van der Waals surface area contributed by atoms with Crippen LogP contribution in [-0.4, -0.2) is 6.61 Å². The third-order valence-electron chi connectivity index (χ3n) is 3.72. The number of allylic oxidation sites excluding steroid dienone is 2. The Hall–Kier alpha value is -2.53. The number of benzene rings is 2. The van der Waals surface area contributed by atoms with E-state index in [1.165, 1.54) is 12.8 Å². The molecular weight excluding hydrogens is 282 g/mol. The molecule has 0 unspecified atom stereocenters. The molecule has 0 fully saturated rings. The summed E-state index contributed by atoms with van der Waals surface area (Å²) in [7, 11) is 0. The van der Waals surface area contributed by atoms with Gasteiger partial charge in [-0.1, -0.05) is 36.4 Å². The maximum atomic E-state index is 8.83. The second-order valence-electron chi connectivity index (χ2n) is 5.48. The van der Waals surface area contributed by atoms with Gasteiger partial charge in [0, 0.05) is 0 Å². The van der Waals surface area contributed by atoms with Crippen LogP contribution >= 0.6 is 0 Å². The Morgan fingerprint density at radius 3 is 2.17 bits per heavy atom. The van der Waals surface area contributed by atoms with Crippen LogP contribution in [-0.2, 0) is 0 Å². The van der Waals surface area contributed by atoms with E-state index in [1.807, 2.05) is 36.4 Å². The molecular formula is C21H23NO. The van der Waals surface area contributed by atoms with Gasteiger partial charge in [0.05, 0.1) is 18.2 Å². The van der Waals surface area contributed by atoms with Gasteiger partial charge in [-0.2, -0.15) is 5.26 Å². The summed E-state index contributed by atoms with van der Waals surface area (Å²) < 4.78 is 5.78. The lowest BCUT2D eigenvalue weighted by Gasteiger charge is -2.07. The number of unbranched alkanes of at least 4 members (excludes halogenated alkanes) is 3. The van der Waals surface area contributed by atoms with Gasteiger partial charge in [0.15, 0.2) is 0 Å². The van der Waals surface area contributed by atoms with Crippen molar-refractivity contribution in [3.05, 3.63) is 66.2 Å². The van der Waals surface area contributed by atoms with Gasteiger partial charge in [0.2, 0.25) is 0 Å². The molecule has 0 amide bonds. The Bertz CT molecular complexity index is 648. The van der Waals surface area contributed by atoms with E-state index in [1.54, 1.807) is 0 Å². The molecule has 0 bridgehead atoms. The van der Waals surface area contributed by atoms with Crippen molar-refractivity contribution in [3.8, 4) is 22.9 Å². The second kappa shape index (κ2) is 9.48. The molecule has 0 aliphatic carbocycles. The molecule has 2 aromatic carbocycles. The molecule has 0 aromatic heterocycles. The van der Waals surface area contributed by atoms with Crippen molar-refractivity contribution in [3.63, 3.8) is 0 Å². The van der Waals surface area contributed by atoms with Gasteiger partial charge >= 0.3 is 0 Å². The highest BCUT2D eigenvalue weighted by molar-refractivity contribution is 5.64. The van der Waals surface area contributed by atoms with Crippen LogP contribution in [0.15, 0.2) is 60.7 Å². The van der Waals surface area contributed by atoms with Crippen molar-refractivity contribution in [1.29, 1.82) is 5.26 Å². The molecule has 0 spiro atoms. The van der Waals surface area contributed by atoms with Gasteiger partial charge in [0.1, 0.15) is 5.75 Å². The van der Waals surface area contributed by atoms with Gasteiger partial charge in [-0.05, 0) is 68.0 Å². The first-order valence-electron chi connectivity index (χ1n) is 8.18. The quantitative estimate of drug-likeness (QED) is 0.460. The van der Waals surface area contributed by atoms with Crippen molar-refractivity contribution < 1.29 is 4.74 Å². The minimum Gasteiger partial charge on any atom is -0.494 e. The fraction of sp³-hybridized carbons (Fsp3) is 0.286. The van der Waals surface area contributed by atoms with E-state index >= 15 is 0 Å². The molecule has 2 rings (SSSR count). The lowest BCUT2D eigenvalue weighted by molar-refractivity contribution is 0.305. The number of nitriles is 1. The summed E-state index contributed by atoms with van der Waals surface area (Å²) in [5, 5.41) is 8.83. The first kappa shape index (κ1) is 16.8. The first-order chi connectivity index (χ1) is 11.3. The van der Waals surface area contributed by atoms with Gasteiger partial charge in [0.25, 0.3) is 0 Å². The number of hydrogen-bond donors (Lipinski definition) is 0. The van der Waals surface area contributed by atoms with E-state index in [0.717, 1.165) is 36.3 Å². The average Bonchev–Trinajstić information content (AvgIpc) is 2.61. The number of hydrogen-bond acceptors (Lipinski definition) is 2. The highest BCUT2D eigenvalue weighted by Gasteiger charge is 1.99. The predicted molar refractivity (Wildman–Crippen MR) is 95.4 cm³/mol. The van der Waals surface area contributed by atoms with Gasteiger partial charge < -0.3 is 4.74 Å². The van der Waals surface area contributed by atoms with Crippen molar-refractivity contribution in [2.45, 2.75) is 32.6 Å². The van der Waals surface area contributed by atoms with Crippen LogP contribution in [0.25, 0.3) is 11.1 Å². The van der Waals surface area contributed by atoms with Crippen LogP contribution in [0.2, 0.25) is 0 Å². The Kier molecular flexibility index (Phi) is 6.94. The lowest BCUT2D eigenvalue weighted by atomic mass is 10.0. The van der Waals surface area contributed by atoms with Crippen molar-refractivity contribution in [2.75, 3.05) is 6.61 Å².